The molecule has 0 saturated heterocycles. The maximum atomic E-state index is 12.3. The van der Waals surface area contributed by atoms with Crippen molar-refractivity contribution in [3.63, 3.8) is 0 Å². The van der Waals surface area contributed by atoms with Crippen LogP contribution in [0.1, 0.15) is 10.4 Å². The third-order valence-electron chi connectivity index (χ3n) is 4.44. The lowest BCUT2D eigenvalue weighted by molar-refractivity contribution is 0.0956. The average Bonchev–Trinajstić information content (AvgIpc) is 3.10. The van der Waals surface area contributed by atoms with Crippen molar-refractivity contribution in [2.75, 3.05) is 12.3 Å². The largest absolute Gasteiger partial charge is 0.354 e. The molecule has 4 aromatic rings. The van der Waals surface area contributed by atoms with Crippen molar-refractivity contribution >= 4 is 40.2 Å². The molecule has 2 N–H and O–H groups in total. The summed E-state index contributed by atoms with van der Waals surface area (Å²) in [6.45, 7) is 0.573. The highest BCUT2D eigenvalue weighted by atomic mass is 35.5. The van der Waals surface area contributed by atoms with E-state index in [9.17, 15) is 4.79 Å². The first kappa shape index (κ1) is 18.7. The molecule has 0 bridgehead atoms. The zero-order chi connectivity index (χ0) is 19.3. The molecular weight excluding hydrogens is 388 g/mol. The maximum absolute atomic E-state index is 12.3. The Labute approximate surface area is 173 Å². The lowest BCUT2D eigenvalue weighted by Gasteiger charge is -2.07. The number of amides is 1. The Bertz CT molecular complexity index is 1110. The molecule has 1 heterocycles. The quantitative estimate of drug-likeness (QED) is 0.304. The lowest BCUT2D eigenvalue weighted by atomic mass is 10.1. The van der Waals surface area contributed by atoms with E-state index in [2.05, 4.69) is 40.6 Å². The number of fused-ring (bicyclic) bond motifs is 1. The van der Waals surface area contributed by atoms with E-state index in [1.54, 1.807) is 36.0 Å². The Kier molecular flexibility index (Phi) is 5.70. The number of aromatic nitrogens is 1. The van der Waals surface area contributed by atoms with E-state index in [-0.39, 0.29) is 5.91 Å². The van der Waals surface area contributed by atoms with Crippen molar-refractivity contribution < 1.29 is 4.79 Å². The first-order chi connectivity index (χ1) is 13.7. The molecule has 140 valence electrons. The number of carbonyl (C=O) groups excluding carboxylic acids is 1. The highest BCUT2D eigenvalue weighted by molar-refractivity contribution is 7.99. The van der Waals surface area contributed by atoms with Gasteiger partial charge >= 0.3 is 0 Å². The van der Waals surface area contributed by atoms with Crippen molar-refractivity contribution in [3.8, 4) is 11.3 Å². The van der Waals surface area contributed by atoms with Gasteiger partial charge in [-0.2, -0.15) is 0 Å². The van der Waals surface area contributed by atoms with E-state index < -0.39 is 0 Å². The smallest absolute Gasteiger partial charge is 0.251 e. The molecule has 1 aromatic heterocycles. The van der Waals surface area contributed by atoms with Crippen LogP contribution in [0.25, 0.3) is 22.2 Å². The average molecular weight is 407 g/mol. The SMILES string of the molecule is O=C(NCCSc1c(-c2ccccc2)[nH]c2ccccc12)c1cccc(Cl)c1. The van der Waals surface area contributed by atoms with Crippen LogP contribution in [0.3, 0.4) is 0 Å². The van der Waals surface area contributed by atoms with Crippen molar-refractivity contribution in [1.29, 1.82) is 0 Å². The summed E-state index contributed by atoms with van der Waals surface area (Å²) in [5.41, 5.74) is 3.97. The van der Waals surface area contributed by atoms with E-state index in [1.165, 1.54) is 10.3 Å². The van der Waals surface area contributed by atoms with Crippen LogP contribution in [-0.4, -0.2) is 23.2 Å². The standard InChI is InChI=1S/C23H19ClN2OS/c24-18-10-6-9-17(15-18)23(27)25-13-14-28-22-19-11-4-5-12-20(19)26-21(22)16-7-2-1-3-8-16/h1-12,15,26H,13-14H2,(H,25,27). The van der Waals surface area contributed by atoms with Crippen LogP contribution in [0.2, 0.25) is 5.02 Å². The fourth-order valence-corrected chi connectivity index (χ4v) is 4.37. The zero-order valence-electron chi connectivity index (χ0n) is 15.1. The van der Waals surface area contributed by atoms with Gasteiger partial charge in [0.25, 0.3) is 5.91 Å². The summed E-state index contributed by atoms with van der Waals surface area (Å²) in [5.74, 6) is 0.666. The monoisotopic (exact) mass is 406 g/mol. The number of hydrogen-bond acceptors (Lipinski definition) is 2. The molecule has 5 heteroatoms. The number of aromatic amines is 1. The molecule has 0 atom stereocenters. The van der Waals surface area contributed by atoms with Gasteiger partial charge in [-0.05, 0) is 29.8 Å². The predicted octanol–water partition coefficient (Wildman–Crippen LogP) is 6.01. The van der Waals surface area contributed by atoms with Crippen LogP contribution in [-0.2, 0) is 0 Å². The van der Waals surface area contributed by atoms with Crippen molar-refractivity contribution in [2.45, 2.75) is 4.90 Å². The number of carbonyl (C=O) groups is 1. The Hall–Kier alpha value is -2.69. The fourth-order valence-electron chi connectivity index (χ4n) is 3.12. The van der Waals surface area contributed by atoms with E-state index in [0.29, 0.717) is 17.1 Å². The number of hydrogen-bond donors (Lipinski definition) is 2. The topological polar surface area (TPSA) is 44.9 Å². The number of rotatable bonds is 6. The van der Waals surface area contributed by atoms with Gasteiger partial charge in [0.15, 0.2) is 0 Å². The van der Waals surface area contributed by atoms with Gasteiger partial charge in [-0.3, -0.25) is 4.79 Å². The van der Waals surface area contributed by atoms with Crippen LogP contribution in [0.5, 0.6) is 0 Å². The van der Waals surface area contributed by atoms with Gasteiger partial charge in [0.2, 0.25) is 0 Å². The van der Waals surface area contributed by atoms with Crippen LogP contribution in [0, 0.1) is 0 Å². The van der Waals surface area contributed by atoms with Gasteiger partial charge in [0, 0.05) is 38.7 Å². The highest BCUT2D eigenvalue weighted by Crippen LogP contribution is 2.37. The van der Waals surface area contributed by atoms with Crippen LogP contribution in [0.15, 0.2) is 83.8 Å². The first-order valence-corrected chi connectivity index (χ1v) is 10.4. The molecule has 0 unspecified atom stereocenters. The maximum Gasteiger partial charge on any atom is 0.251 e. The van der Waals surface area contributed by atoms with E-state index in [0.717, 1.165) is 22.5 Å². The molecule has 0 saturated carbocycles. The zero-order valence-corrected chi connectivity index (χ0v) is 16.7. The molecule has 0 fully saturated rings. The summed E-state index contributed by atoms with van der Waals surface area (Å²) < 4.78 is 0. The summed E-state index contributed by atoms with van der Waals surface area (Å²) in [6, 6.07) is 25.6. The lowest BCUT2D eigenvalue weighted by Crippen LogP contribution is -2.25. The molecule has 0 aliphatic rings. The molecule has 28 heavy (non-hydrogen) atoms. The van der Waals surface area contributed by atoms with Crippen molar-refractivity contribution in [3.05, 3.63) is 89.4 Å². The minimum atomic E-state index is -0.106. The summed E-state index contributed by atoms with van der Waals surface area (Å²) in [7, 11) is 0. The van der Waals surface area contributed by atoms with Crippen molar-refractivity contribution in [2.24, 2.45) is 0 Å². The third kappa shape index (κ3) is 4.08. The first-order valence-electron chi connectivity index (χ1n) is 9.05. The van der Waals surface area contributed by atoms with Gasteiger partial charge in [-0.15, -0.1) is 11.8 Å². The minimum Gasteiger partial charge on any atom is -0.354 e. The predicted molar refractivity (Wildman–Crippen MR) is 118 cm³/mol. The van der Waals surface area contributed by atoms with Crippen molar-refractivity contribution in [1.82, 2.24) is 10.3 Å². The second-order valence-corrected chi connectivity index (χ2v) is 7.90. The number of para-hydroxylation sites is 1. The van der Waals surface area contributed by atoms with Gasteiger partial charge in [-0.25, -0.2) is 0 Å². The van der Waals surface area contributed by atoms with E-state index in [1.807, 2.05) is 24.3 Å². The molecule has 0 aliphatic carbocycles. The number of thioether (sulfide) groups is 1. The number of halogens is 1. The molecule has 1 amide bonds. The van der Waals surface area contributed by atoms with Crippen LogP contribution in [0.4, 0.5) is 0 Å². The van der Waals surface area contributed by atoms with Gasteiger partial charge < -0.3 is 10.3 Å². The van der Waals surface area contributed by atoms with Gasteiger partial charge in [-0.1, -0.05) is 66.2 Å². The number of nitrogens with one attached hydrogen (secondary N) is 2. The van der Waals surface area contributed by atoms with Crippen LogP contribution >= 0.6 is 23.4 Å². The second-order valence-electron chi connectivity index (χ2n) is 6.36. The Morgan fingerprint density at radius 3 is 2.57 bits per heavy atom. The molecular formula is C23H19ClN2OS. The summed E-state index contributed by atoms with van der Waals surface area (Å²) in [4.78, 5) is 17.0. The molecule has 4 rings (SSSR count). The third-order valence-corrected chi connectivity index (χ3v) is 5.80. The summed E-state index contributed by atoms with van der Waals surface area (Å²) in [5, 5.41) is 4.73. The number of benzene rings is 3. The molecule has 0 radical (unpaired) electrons. The number of H-pyrrole nitrogens is 1. The molecule has 3 aromatic carbocycles. The Morgan fingerprint density at radius 2 is 1.75 bits per heavy atom. The normalized spacial score (nSPS) is 10.9. The molecule has 3 nitrogen and oxygen atoms in total. The van der Waals surface area contributed by atoms with Gasteiger partial charge in [0.1, 0.15) is 0 Å². The second kappa shape index (κ2) is 8.55. The molecule has 0 aliphatic heterocycles. The minimum absolute atomic E-state index is 0.106. The Morgan fingerprint density at radius 1 is 0.964 bits per heavy atom. The Balaban J connectivity index is 1.48. The summed E-state index contributed by atoms with van der Waals surface area (Å²) in [6.07, 6.45) is 0. The van der Waals surface area contributed by atoms with E-state index in [4.69, 9.17) is 11.6 Å². The summed E-state index contributed by atoms with van der Waals surface area (Å²) >= 11 is 7.71. The van der Waals surface area contributed by atoms with E-state index >= 15 is 0 Å². The molecule has 0 spiro atoms. The van der Waals surface area contributed by atoms with Crippen LogP contribution < -0.4 is 5.32 Å². The fraction of sp³-hybridized carbons (Fsp3) is 0.0870. The highest BCUT2D eigenvalue weighted by Gasteiger charge is 2.13. The van der Waals surface area contributed by atoms with Gasteiger partial charge in [0.05, 0.1) is 5.69 Å².